The van der Waals surface area contributed by atoms with Crippen LogP contribution >= 0.6 is 22.7 Å². The standard InChI is InChI=1S/2C17H10NS.2C11H7N2.2Pt/c2*1-3-7-14-12(5-1)9-10-18-17(14)16-11-13-6-2-4-8-15(13)19-16;2*1-2-6-10-8(4-1)9-5-3-7-12-11(9)13-10;;/h2*1-10H;2*1-7H;;/q4*-1;2*+2. The number of para-hydroxylation sites is 2. The van der Waals surface area contributed by atoms with Crippen molar-refractivity contribution in [3.05, 3.63) is 219 Å². The molecule has 0 N–H and O–H groups in total. The summed E-state index contributed by atoms with van der Waals surface area (Å²) in [6, 6.07) is 68.6. The van der Waals surface area contributed by atoms with Gasteiger partial charge in [-0.05, 0) is 85.4 Å². The largest absolute Gasteiger partial charge is 2.00 e. The molecule has 66 heavy (non-hydrogen) atoms. The van der Waals surface area contributed by atoms with Crippen LogP contribution in [0, 0.1) is 12.1 Å². The Balaban J connectivity index is 0.000000111. The van der Waals surface area contributed by atoms with Crippen LogP contribution in [0.25, 0.3) is 107 Å². The molecule has 0 saturated heterocycles. The Morgan fingerprint density at radius 1 is 0.333 bits per heavy atom. The van der Waals surface area contributed by atoms with Gasteiger partial charge < -0.3 is 29.9 Å². The van der Waals surface area contributed by atoms with Crippen molar-refractivity contribution in [3.63, 3.8) is 0 Å². The van der Waals surface area contributed by atoms with Crippen LogP contribution in [-0.4, -0.2) is 19.9 Å². The Kier molecular flexibility index (Phi) is 13.7. The molecule has 0 amide bonds. The fourth-order valence-electron chi connectivity index (χ4n) is 7.87. The van der Waals surface area contributed by atoms with Crippen molar-refractivity contribution >= 4 is 108 Å². The zero-order valence-electron chi connectivity index (χ0n) is 34.8. The van der Waals surface area contributed by atoms with Crippen molar-refractivity contribution in [1.29, 1.82) is 0 Å². The van der Waals surface area contributed by atoms with Gasteiger partial charge in [0.1, 0.15) is 0 Å². The number of pyridine rings is 4. The fraction of sp³-hybridized carbons (Fsp3) is 0. The number of hydrogen-bond donors (Lipinski definition) is 0. The van der Waals surface area contributed by atoms with E-state index < -0.39 is 0 Å². The molecule has 8 heterocycles. The van der Waals surface area contributed by atoms with E-state index in [1.165, 1.54) is 41.7 Å². The molecule has 0 aliphatic carbocycles. The maximum Gasteiger partial charge on any atom is 2.00 e. The molecule has 0 atom stereocenters. The first kappa shape index (κ1) is 44.5. The van der Waals surface area contributed by atoms with E-state index in [2.05, 4.69) is 151 Å². The smallest absolute Gasteiger partial charge is 0.442 e. The molecule has 6 aromatic carbocycles. The van der Waals surface area contributed by atoms with E-state index in [4.69, 9.17) is 0 Å². The number of nitrogens with zero attached hydrogens (tertiary/aromatic N) is 6. The summed E-state index contributed by atoms with van der Waals surface area (Å²) in [4.78, 5) is 28.5. The maximum absolute atomic E-state index is 4.55. The summed E-state index contributed by atoms with van der Waals surface area (Å²) in [6.45, 7) is 0. The number of hydrogen-bond acceptors (Lipinski definition) is 6. The molecule has 0 saturated carbocycles. The van der Waals surface area contributed by atoms with Crippen molar-refractivity contribution in [2.45, 2.75) is 0 Å². The average Bonchev–Trinajstić information content (AvgIpc) is 4.17. The summed E-state index contributed by atoms with van der Waals surface area (Å²) in [6.07, 6.45) is 7.29. The Bertz CT molecular complexity index is 3480. The van der Waals surface area contributed by atoms with Gasteiger partial charge in [-0.15, -0.1) is 47.2 Å². The monoisotopic (exact) mass is 1240 g/mol. The summed E-state index contributed by atoms with van der Waals surface area (Å²) in [5, 5.41) is 11.8. The van der Waals surface area contributed by atoms with Crippen molar-refractivity contribution in [2.75, 3.05) is 0 Å². The van der Waals surface area contributed by atoms with Gasteiger partial charge >= 0.3 is 42.1 Å². The van der Waals surface area contributed by atoms with Gasteiger partial charge in [-0.3, -0.25) is 0 Å². The van der Waals surface area contributed by atoms with Gasteiger partial charge in [-0.2, -0.15) is 0 Å². The van der Waals surface area contributed by atoms with Gasteiger partial charge in [0.25, 0.3) is 0 Å². The topological polar surface area (TPSA) is 79.8 Å². The summed E-state index contributed by atoms with van der Waals surface area (Å²) < 4.78 is 2.51. The van der Waals surface area contributed by atoms with Crippen LogP contribution in [0.1, 0.15) is 0 Å². The molecule has 0 unspecified atom stereocenters. The number of thiophene rings is 2. The third-order valence-electron chi connectivity index (χ3n) is 10.9. The van der Waals surface area contributed by atoms with E-state index in [0.29, 0.717) is 0 Å². The number of aromatic nitrogens is 6. The molecule has 8 aromatic heterocycles. The molecule has 14 aromatic rings. The van der Waals surface area contributed by atoms with Crippen LogP contribution in [0.15, 0.2) is 207 Å². The zero-order chi connectivity index (χ0) is 42.7. The predicted molar refractivity (Wildman–Crippen MR) is 268 cm³/mol. The first-order valence-corrected chi connectivity index (χ1v) is 22.4. The minimum Gasteiger partial charge on any atom is -0.442 e. The molecule has 0 fully saturated rings. The molecular formula is C56H34N6Pt2S2. The molecule has 0 bridgehead atoms. The quantitative estimate of drug-likeness (QED) is 0.160. The molecule has 10 heteroatoms. The van der Waals surface area contributed by atoms with E-state index >= 15 is 0 Å². The number of benzene rings is 6. The van der Waals surface area contributed by atoms with Gasteiger partial charge in [0.2, 0.25) is 0 Å². The molecule has 0 spiro atoms. The second-order valence-electron chi connectivity index (χ2n) is 14.9. The third kappa shape index (κ3) is 9.11. The SMILES string of the molecule is [Pt+2].[Pt+2].[c-]1c(-c2nccc3ccccc23)sc2ccccc12.[c-]1c(-c2nccc3ccccc23)sc2ccccc12.c1ccc2c(c1)[n-]c1ncccc12.c1ccc2c(c1)[n-]c1ncccc12. The first-order valence-electron chi connectivity index (χ1n) is 20.8. The van der Waals surface area contributed by atoms with E-state index in [0.717, 1.165) is 65.0 Å². The Morgan fingerprint density at radius 3 is 1.17 bits per heavy atom. The molecule has 0 aliphatic rings. The molecule has 0 radical (unpaired) electrons. The van der Waals surface area contributed by atoms with E-state index in [1.807, 2.05) is 85.2 Å². The van der Waals surface area contributed by atoms with Crippen molar-refractivity contribution in [1.82, 2.24) is 29.9 Å². The van der Waals surface area contributed by atoms with E-state index in [1.54, 1.807) is 35.1 Å². The van der Waals surface area contributed by atoms with Gasteiger partial charge in [-0.25, -0.2) is 22.7 Å². The predicted octanol–water partition coefficient (Wildman–Crippen LogP) is 14.5. The third-order valence-corrected chi connectivity index (χ3v) is 13.0. The molecular weight excluding hydrogens is 1210 g/mol. The first-order chi connectivity index (χ1) is 31.7. The zero-order valence-corrected chi connectivity index (χ0v) is 40.9. The normalized spacial score (nSPS) is 10.8. The number of fused-ring (bicyclic) bond motifs is 10. The van der Waals surface area contributed by atoms with Gasteiger partial charge in [-0.1, -0.05) is 169 Å². The van der Waals surface area contributed by atoms with Gasteiger partial charge in [0.15, 0.2) is 0 Å². The molecule has 320 valence electrons. The molecule has 14 rings (SSSR count). The van der Waals surface area contributed by atoms with Crippen LogP contribution in [0.4, 0.5) is 0 Å². The Morgan fingerprint density at radius 2 is 0.712 bits per heavy atom. The van der Waals surface area contributed by atoms with Crippen LogP contribution in [0.5, 0.6) is 0 Å². The van der Waals surface area contributed by atoms with Crippen molar-refractivity contribution in [3.8, 4) is 21.1 Å². The van der Waals surface area contributed by atoms with Crippen molar-refractivity contribution < 1.29 is 42.1 Å². The summed E-state index contributed by atoms with van der Waals surface area (Å²) in [7, 11) is 0. The maximum atomic E-state index is 4.55. The average molecular weight is 1250 g/mol. The van der Waals surface area contributed by atoms with Gasteiger partial charge in [0.05, 0.1) is 0 Å². The summed E-state index contributed by atoms with van der Waals surface area (Å²) in [5.41, 5.74) is 5.78. The number of rotatable bonds is 2. The van der Waals surface area contributed by atoms with Crippen molar-refractivity contribution in [2.24, 2.45) is 0 Å². The van der Waals surface area contributed by atoms with Crippen LogP contribution in [0.3, 0.4) is 0 Å². The summed E-state index contributed by atoms with van der Waals surface area (Å²) >= 11 is 3.49. The minimum atomic E-state index is 0. The molecule has 6 nitrogen and oxygen atoms in total. The second-order valence-corrected chi connectivity index (χ2v) is 17.0. The molecule has 0 aliphatic heterocycles. The van der Waals surface area contributed by atoms with Crippen LogP contribution in [-0.2, 0) is 42.1 Å². The van der Waals surface area contributed by atoms with Crippen LogP contribution < -0.4 is 9.97 Å². The van der Waals surface area contributed by atoms with Gasteiger partial charge in [0, 0.05) is 23.8 Å². The Labute approximate surface area is 417 Å². The fourth-order valence-corrected chi connectivity index (χ4v) is 9.90. The minimum absolute atomic E-state index is 0. The van der Waals surface area contributed by atoms with Crippen LogP contribution in [0.2, 0.25) is 0 Å². The van der Waals surface area contributed by atoms with E-state index in [-0.39, 0.29) is 42.1 Å². The summed E-state index contributed by atoms with van der Waals surface area (Å²) in [5.74, 6) is 0. The van der Waals surface area contributed by atoms with E-state index in [9.17, 15) is 0 Å². The Hall–Kier alpha value is -6.66. The second kappa shape index (κ2) is 20.2.